The van der Waals surface area contributed by atoms with Crippen molar-refractivity contribution in [3.8, 4) is 0 Å². The van der Waals surface area contributed by atoms with E-state index in [1.54, 1.807) is 0 Å². The van der Waals surface area contributed by atoms with Gasteiger partial charge in [-0.05, 0) is 25.9 Å². The molecule has 0 atom stereocenters. The van der Waals surface area contributed by atoms with Crippen molar-refractivity contribution in [2.24, 2.45) is 0 Å². The largest absolute Gasteiger partial charge is 0.296 e. The van der Waals surface area contributed by atoms with Crippen LogP contribution in [0.15, 0.2) is 12.4 Å². The van der Waals surface area contributed by atoms with Gasteiger partial charge in [0.25, 0.3) is 0 Å². The lowest BCUT2D eigenvalue weighted by atomic mass is 10.1. The maximum atomic E-state index is 12.5. The molecule has 0 radical (unpaired) electrons. The van der Waals surface area contributed by atoms with Crippen LogP contribution in [0.2, 0.25) is 0 Å². The second-order valence-corrected chi connectivity index (χ2v) is 3.65. The minimum Gasteiger partial charge on any atom is -0.296 e. The van der Waals surface area contributed by atoms with E-state index < -0.39 is 0 Å². The first-order valence-corrected chi connectivity index (χ1v) is 5.03. The topological polar surface area (TPSA) is 29.0 Å². The van der Waals surface area contributed by atoms with Crippen molar-refractivity contribution in [2.45, 2.75) is 25.8 Å². The Morgan fingerprint density at radius 2 is 1.79 bits per heavy atom. The van der Waals surface area contributed by atoms with Crippen LogP contribution in [0.4, 0.5) is 4.39 Å². The summed E-state index contributed by atoms with van der Waals surface area (Å²) in [5, 5.41) is 0. The third kappa shape index (κ3) is 2.48. The minimum absolute atomic E-state index is 0.368. The quantitative estimate of drug-likeness (QED) is 0.717. The molecule has 1 aromatic rings. The monoisotopic (exact) mass is 195 g/mol. The molecular formula is C10H14FN3. The molecule has 0 unspecified atom stereocenters. The molecule has 0 aromatic carbocycles. The van der Waals surface area contributed by atoms with Crippen LogP contribution in [0.25, 0.3) is 0 Å². The van der Waals surface area contributed by atoms with Crippen molar-refractivity contribution < 1.29 is 4.39 Å². The Balaban J connectivity index is 1.92. The van der Waals surface area contributed by atoms with E-state index in [0.29, 0.717) is 5.82 Å². The third-order valence-electron chi connectivity index (χ3n) is 2.49. The van der Waals surface area contributed by atoms with Gasteiger partial charge in [-0.25, -0.2) is 14.4 Å². The van der Waals surface area contributed by atoms with E-state index in [-0.39, 0.29) is 5.82 Å². The second-order valence-electron chi connectivity index (χ2n) is 3.65. The molecule has 4 heteroatoms. The zero-order valence-electron chi connectivity index (χ0n) is 8.12. The predicted molar refractivity (Wildman–Crippen MR) is 51.1 cm³/mol. The van der Waals surface area contributed by atoms with E-state index in [4.69, 9.17) is 0 Å². The molecule has 14 heavy (non-hydrogen) atoms. The maximum absolute atomic E-state index is 12.5. The smallest absolute Gasteiger partial charge is 0.159 e. The summed E-state index contributed by atoms with van der Waals surface area (Å²) in [6, 6.07) is 0. The first-order chi connectivity index (χ1) is 6.84. The summed E-state index contributed by atoms with van der Waals surface area (Å²) in [4.78, 5) is 10.2. The van der Waals surface area contributed by atoms with Gasteiger partial charge in [-0.3, -0.25) is 4.90 Å². The first-order valence-electron chi connectivity index (χ1n) is 5.03. The average molecular weight is 195 g/mol. The van der Waals surface area contributed by atoms with Crippen LogP contribution >= 0.6 is 0 Å². The number of hydrogen-bond donors (Lipinski definition) is 0. The molecule has 1 saturated heterocycles. The highest BCUT2D eigenvalue weighted by atomic mass is 19.1. The molecule has 1 aliphatic rings. The van der Waals surface area contributed by atoms with Crippen LogP contribution in [0, 0.1) is 5.82 Å². The lowest BCUT2D eigenvalue weighted by molar-refractivity contribution is 0.215. The molecule has 0 saturated carbocycles. The average Bonchev–Trinajstić information content (AvgIpc) is 2.23. The van der Waals surface area contributed by atoms with E-state index in [0.717, 1.165) is 19.6 Å². The van der Waals surface area contributed by atoms with Crippen LogP contribution in [-0.2, 0) is 6.54 Å². The zero-order valence-corrected chi connectivity index (χ0v) is 8.12. The molecular weight excluding hydrogens is 181 g/mol. The molecule has 1 aliphatic heterocycles. The van der Waals surface area contributed by atoms with Gasteiger partial charge in [0.05, 0.1) is 18.9 Å². The van der Waals surface area contributed by atoms with Gasteiger partial charge >= 0.3 is 0 Å². The van der Waals surface area contributed by atoms with E-state index in [1.807, 2.05) is 0 Å². The highest BCUT2D eigenvalue weighted by Crippen LogP contribution is 2.10. The Bertz CT molecular complexity index is 280. The van der Waals surface area contributed by atoms with E-state index >= 15 is 0 Å². The van der Waals surface area contributed by atoms with Gasteiger partial charge in [-0.2, -0.15) is 0 Å². The fourth-order valence-electron chi connectivity index (χ4n) is 1.74. The molecule has 76 valence electrons. The second kappa shape index (κ2) is 4.46. The number of rotatable bonds is 2. The fourth-order valence-corrected chi connectivity index (χ4v) is 1.74. The van der Waals surface area contributed by atoms with Crippen molar-refractivity contribution in [1.82, 2.24) is 14.9 Å². The Labute approximate surface area is 83.0 Å². The number of aromatic nitrogens is 2. The molecule has 2 heterocycles. The van der Waals surface area contributed by atoms with Gasteiger partial charge in [0.15, 0.2) is 5.82 Å². The van der Waals surface area contributed by atoms with E-state index in [9.17, 15) is 4.39 Å². The van der Waals surface area contributed by atoms with Crippen molar-refractivity contribution >= 4 is 0 Å². The molecule has 3 nitrogen and oxygen atoms in total. The molecule has 0 spiro atoms. The summed E-state index contributed by atoms with van der Waals surface area (Å²) in [6.07, 6.45) is 6.28. The van der Waals surface area contributed by atoms with Crippen molar-refractivity contribution in [3.05, 3.63) is 24.0 Å². The van der Waals surface area contributed by atoms with Crippen LogP contribution < -0.4 is 0 Å². The van der Waals surface area contributed by atoms with Gasteiger partial charge in [0.2, 0.25) is 0 Å². The van der Waals surface area contributed by atoms with Gasteiger partial charge in [0.1, 0.15) is 5.82 Å². The zero-order chi connectivity index (χ0) is 9.80. The van der Waals surface area contributed by atoms with Gasteiger partial charge in [-0.15, -0.1) is 0 Å². The van der Waals surface area contributed by atoms with Crippen molar-refractivity contribution in [3.63, 3.8) is 0 Å². The third-order valence-corrected chi connectivity index (χ3v) is 2.49. The minimum atomic E-state index is -0.368. The molecule has 1 fully saturated rings. The molecule has 0 N–H and O–H groups in total. The lowest BCUT2D eigenvalue weighted by Gasteiger charge is -2.25. The summed E-state index contributed by atoms with van der Waals surface area (Å²) < 4.78 is 12.5. The van der Waals surface area contributed by atoms with E-state index in [1.165, 1.54) is 31.7 Å². The molecule has 0 aliphatic carbocycles. The Morgan fingerprint density at radius 3 is 2.43 bits per heavy atom. The lowest BCUT2D eigenvalue weighted by Crippen LogP contribution is -2.29. The number of hydrogen-bond acceptors (Lipinski definition) is 3. The molecule has 0 amide bonds. The van der Waals surface area contributed by atoms with Crippen LogP contribution in [-0.4, -0.2) is 28.0 Å². The Morgan fingerprint density at radius 1 is 1.14 bits per heavy atom. The van der Waals surface area contributed by atoms with E-state index in [2.05, 4.69) is 14.9 Å². The maximum Gasteiger partial charge on any atom is 0.159 e. The molecule has 1 aromatic heterocycles. The standard InChI is InChI=1S/C10H14FN3/c11-9-6-12-10(13-7-9)8-14-4-2-1-3-5-14/h6-7H,1-5,8H2. The van der Waals surface area contributed by atoms with Crippen molar-refractivity contribution in [1.29, 1.82) is 0 Å². The predicted octanol–water partition coefficient (Wildman–Crippen LogP) is 1.60. The number of piperidine rings is 1. The van der Waals surface area contributed by atoms with Crippen molar-refractivity contribution in [2.75, 3.05) is 13.1 Å². The van der Waals surface area contributed by atoms with Gasteiger partial charge < -0.3 is 0 Å². The summed E-state index contributed by atoms with van der Waals surface area (Å²) in [5.41, 5.74) is 0. The first kappa shape index (κ1) is 9.52. The normalized spacial score (nSPS) is 18.4. The Kier molecular flexibility index (Phi) is 3.03. The van der Waals surface area contributed by atoms with Crippen LogP contribution in [0.3, 0.4) is 0 Å². The fraction of sp³-hybridized carbons (Fsp3) is 0.600. The number of likely N-dealkylation sites (tertiary alicyclic amines) is 1. The highest BCUT2D eigenvalue weighted by Gasteiger charge is 2.11. The van der Waals surface area contributed by atoms with Gasteiger partial charge in [0, 0.05) is 0 Å². The Hall–Kier alpha value is -1.03. The summed E-state index contributed by atoms with van der Waals surface area (Å²) in [7, 11) is 0. The molecule has 0 bridgehead atoms. The van der Waals surface area contributed by atoms with Crippen LogP contribution in [0.5, 0.6) is 0 Å². The molecule has 2 rings (SSSR count). The number of halogens is 1. The highest BCUT2D eigenvalue weighted by molar-refractivity contribution is 4.91. The van der Waals surface area contributed by atoms with Crippen LogP contribution in [0.1, 0.15) is 25.1 Å². The summed E-state index contributed by atoms with van der Waals surface area (Å²) in [5.74, 6) is 0.348. The summed E-state index contributed by atoms with van der Waals surface area (Å²) >= 11 is 0. The SMILES string of the molecule is Fc1cnc(CN2CCCCC2)nc1. The summed E-state index contributed by atoms with van der Waals surface area (Å²) in [6.45, 7) is 2.97. The van der Waals surface area contributed by atoms with Gasteiger partial charge in [-0.1, -0.05) is 6.42 Å². The number of nitrogens with zero attached hydrogens (tertiary/aromatic N) is 3.